The molecule has 0 spiro atoms. The number of thiol groups is 1. The van der Waals surface area contributed by atoms with Crippen LogP contribution in [0.5, 0.6) is 0 Å². The lowest BCUT2D eigenvalue weighted by Crippen LogP contribution is -2.13. The zero-order valence-corrected chi connectivity index (χ0v) is 16.8. The van der Waals surface area contributed by atoms with Crippen LogP contribution in [0.25, 0.3) is 0 Å². The molecule has 0 radical (unpaired) electrons. The molecule has 2 saturated carbocycles. The van der Waals surface area contributed by atoms with Crippen LogP contribution in [0.2, 0.25) is 0 Å². The number of hydrogen-bond donors (Lipinski definition) is 1. The van der Waals surface area contributed by atoms with Gasteiger partial charge in [-0.15, -0.1) is 0 Å². The molecule has 2 aliphatic rings. The highest BCUT2D eigenvalue weighted by molar-refractivity contribution is 8.06. The Hall–Kier alpha value is -0.860. The molecule has 1 aromatic rings. The molecule has 2 unspecified atom stereocenters. The molecule has 2 atom stereocenters. The van der Waals surface area contributed by atoms with E-state index in [-0.39, 0.29) is 0 Å². The molecule has 0 saturated heterocycles. The number of hydrogen-bond acceptors (Lipinski definition) is 4. The topological polar surface area (TPSA) is 18.5 Å². The summed E-state index contributed by atoms with van der Waals surface area (Å²) in [5.41, 5.74) is 2.65. The molecule has 136 valence electrons. The number of rotatable bonds is 5. The Balaban J connectivity index is 0.00000109. The van der Waals surface area contributed by atoms with Crippen LogP contribution in [0.4, 0.5) is 0 Å². The summed E-state index contributed by atoms with van der Waals surface area (Å²) in [5, 5.41) is 5.46. The number of allylic oxidation sites excluding steroid dienone is 1. The summed E-state index contributed by atoms with van der Waals surface area (Å²) in [4.78, 5) is 0. The van der Waals surface area contributed by atoms with Crippen LogP contribution in [0.15, 0.2) is 41.3 Å². The molecule has 0 aromatic heterocycles. The minimum absolute atomic E-state index is 0.451. The van der Waals surface area contributed by atoms with Gasteiger partial charge in [-0.3, -0.25) is 0 Å². The Kier molecular flexibility index (Phi) is 9.57. The molecule has 0 bridgehead atoms. The van der Waals surface area contributed by atoms with Gasteiger partial charge in [0, 0.05) is 12.7 Å². The molecule has 0 amide bonds. The van der Waals surface area contributed by atoms with Crippen LogP contribution in [-0.4, -0.2) is 32.7 Å². The number of fused-ring (bicyclic) bond motifs is 1. The quantitative estimate of drug-likeness (QED) is 0.443. The van der Waals surface area contributed by atoms with Gasteiger partial charge < -0.3 is 9.47 Å². The smallest absolute Gasteiger partial charge is 0.0704 e. The molecule has 0 heterocycles. The first kappa shape index (κ1) is 20.5. The van der Waals surface area contributed by atoms with Gasteiger partial charge in [-0.05, 0) is 78.3 Å². The Morgan fingerprint density at radius 2 is 1.80 bits per heavy atom. The highest BCUT2D eigenvalue weighted by Gasteiger charge is 2.39. The van der Waals surface area contributed by atoms with E-state index in [0.29, 0.717) is 12.7 Å². The molecule has 2 aliphatic carbocycles. The predicted molar refractivity (Wildman–Crippen MR) is 111 cm³/mol. The second kappa shape index (κ2) is 11.7. The Bertz CT molecular complexity index is 573. The van der Waals surface area contributed by atoms with Crippen molar-refractivity contribution >= 4 is 24.4 Å². The van der Waals surface area contributed by atoms with E-state index in [1.807, 2.05) is 30.3 Å². The van der Waals surface area contributed by atoms with E-state index >= 15 is 0 Å². The van der Waals surface area contributed by atoms with Gasteiger partial charge in [-0.25, -0.2) is 0 Å². The second-order valence-corrected chi connectivity index (χ2v) is 7.05. The second-order valence-electron chi connectivity index (χ2n) is 6.37. The van der Waals surface area contributed by atoms with Crippen molar-refractivity contribution in [3.63, 3.8) is 0 Å². The van der Waals surface area contributed by atoms with E-state index in [2.05, 4.69) is 29.2 Å². The molecule has 2 nitrogen and oxygen atoms in total. The number of methoxy groups -OCH3 is 1. The van der Waals surface area contributed by atoms with Crippen LogP contribution >= 0.6 is 24.4 Å². The van der Waals surface area contributed by atoms with E-state index in [1.54, 1.807) is 30.7 Å². The first-order valence-electron chi connectivity index (χ1n) is 8.80. The van der Waals surface area contributed by atoms with Gasteiger partial charge in [0.2, 0.25) is 0 Å². The molecule has 0 aliphatic heterocycles. The summed E-state index contributed by atoms with van der Waals surface area (Å²) in [6.07, 6.45) is 7.04. The SMILES string of the molecule is COCCOC1CC2CC(=CSC#Cc3ccccc3)CC2C1.CS. The van der Waals surface area contributed by atoms with Gasteiger partial charge >= 0.3 is 0 Å². The fourth-order valence-corrected chi connectivity index (χ4v) is 4.26. The third-order valence-electron chi connectivity index (χ3n) is 4.74. The predicted octanol–water partition coefficient (Wildman–Crippen LogP) is 5.01. The molecule has 1 aromatic carbocycles. The molecule has 4 heteroatoms. The highest BCUT2D eigenvalue weighted by atomic mass is 32.2. The lowest BCUT2D eigenvalue weighted by Gasteiger charge is -2.12. The maximum atomic E-state index is 5.89. The largest absolute Gasteiger partial charge is 0.382 e. The van der Waals surface area contributed by atoms with E-state index < -0.39 is 0 Å². The van der Waals surface area contributed by atoms with Crippen molar-refractivity contribution in [1.82, 2.24) is 0 Å². The Labute approximate surface area is 162 Å². The minimum Gasteiger partial charge on any atom is -0.382 e. The molecular formula is C21H28O2S2. The van der Waals surface area contributed by atoms with Gasteiger partial charge in [0.05, 0.1) is 19.3 Å². The normalized spacial score (nSPS) is 24.0. The molecular weight excluding hydrogens is 348 g/mol. The fraction of sp³-hybridized carbons (Fsp3) is 0.524. The zero-order valence-electron chi connectivity index (χ0n) is 15.1. The lowest BCUT2D eigenvalue weighted by atomic mass is 10.0. The Morgan fingerprint density at radius 1 is 1.12 bits per heavy atom. The maximum Gasteiger partial charge on any atom is 0.0704 e. The van der Waals surface area contributed by atoms with Crippen molar-refractivity contribution in [1.29, 1.82) is 0 Å². The average molecular weight is 377 g/mol. The van der Waals surface area contributed by atoms with Crippen LogP contribution in [0.3, 0.4) is 0 Å². The molecule has 3 rings (SSSR count). The van der Waals surface area contributed by atoms with Crippen molar-refractivity contribution in [3.8, 4) is 11.2 Å². The lowest BCUT2D eigenvalue weighted by molar-refractivity contribution is 0.0175. The molecule has 2 fully saturated rings. The zero-order chi connectivity index (χ0) is 17.9. The van der Waals surface area contributed by atoms with Crippen molar-refractivity contribution in [2.24, 2.45) is 11.8 Å². The number of ether oxygens (including phenoxy) is 2. The third-order valence-corrected chi connectivity index (χ3v) is 5.41. The third kappa shape index (κ3) is 6.75. The van der Waals surface area contributed by atoms with E-state index in [4.69, 9.17) is 9.47 Å². The van der Waals surface area contributed by atoms with E-state index in [9.17, 15) is 0 Å². The van der Waals surface area contributed by atoms with Crippen LogP contribution in [0, 0.1) is 23.0 Å². The molecule has 25 heavy (non-hydrogen) atoms. The van der Waals surface area contributed by atoms with Gasteiger partial charge in [-0.2, -0.15) is 12.6 Å². The number of thioether (sulfide) groups is 1. The summed E-state index contributed by atoms with van der Waals surface area (Å²) >= 11 is 5.16. The van der Waals surface area contributed by atoms with Gasteiger partial charge in [0.1, 0.15) is 0 Å². The van der Waals surface area contributed by atoms with Crippen molar-refractivity contribution in [2.75, 3.05) is 26.6 Å². The summed E-state index contributed by atoms with van der Waals surface area (Å²) in [7, 11) is 1.72. The number of benzene rings is 1. The van der Waals surface area contributed by atoms with Crippen molar-refractivity contribution in [3.05, 3.63) is 46.9 Å². The minimum atomic E-state index is 0.451. The van der Waals surface area contributed by atoms with Crippen molar-refractivity contribution < 1.29 is 9.47 Å². The summed E-state index contributed by atoms with van der Waals surface area (Å²) < 4.78 is 10.9. The van der Waals surface area contributed by atoms with Crippen LogP contribution in [-0.2, 0) is 9.47 Å². The monoisotopic (exact) mass is 376 g/mol. The van der Waals surface area contributed by atoms with Gasteiger partial charge in [-0.1, -0.05) is 29.7 Å². The van der Waals surface area contributed by atoms with E-state index in [0.717, 1.165) is 24.0 Å². The fourth-order valence-electron chi connectivity index (χ4n) is 3.67. The summed E-state index contributed by atoms with van der Waals surface area (Å²) in [6, 6.07) is 10.2. The molecule has 0 N–H and O–H groups in total. The van der Waals surface area contributed by atoms with Crippen LogP contribution in [0.1, 0.15) is 31.2 Å². The highest BCUT2D eigenvalue weighted by Crippen LogP contribution is 2.47. The van der Waals surface area contributed by atoms with Gasteiger partial charge in [0.15, 0.2) is 0 Å². The summed E-state index contributed by atoms with van der Waals surface area (Å²) in [6.45, 7) is 1.43. The standard InChI is InChI=1S/C20H24O2S.CH4S/c1-21-8-9-22-20-13-18-11-17(12-19(18)14-20)15-23-10-7-16-5-3-2-4-6-16;1-2/h2-6,15,18-20H,8-9,11-14H2,1H3;2H,1H3. The summed E-state index contributed by atoms with van der Waals surface area (Å²) in [5.74, 6) is 4.82. The first-order chi connectivity index (χ1) is 12.3. The first-order valence-corrected chi connectivity index (χ1v) is 10.6. The van der Waals surface area contributed by atoms with E-state index in [1.165, 1.54) is 25.7 Å². The van der Waals surface area contributed by atoms with Crippen molar-refractivity contribution in [2.45, 2.75) is 31.8 Å². The maximum absolute atomic E-state index is 5.89. The Morgan fingerprint density at radius 3 is 2.44 bits per heavy atom. The van der Waals surface area contributed by atoms with Gasteiger partial charge in [0.25, 0.3) is 0 Å². The average Bonchev–Trinajstić information content (AvgIpc) is 3.20. The van der Waals surface area contributed by atoms with Crippen LogP contribution < -0.4 is 0 Å².